The van der Waals surface area contributed by atoms with Crippen LogP contribution in [0.2, 0.25) is 90.7 Å². The highest BCUT2D eigenvalue weighted by atomic mass is 127. The van der Waals surface area contributed by atoms with E-state index in [1.54, 1.807) is 19.2 Å². The molecule has 7 rings (SSSR count). The molecule has 6 saturated heterocycles. The van der Waals surface area contributed by atoms with Crippen molar-refractivity contribution in [1.82, 2.24) is 0 Å². The molecule has 6 fully saturated rings. The summed E-state index contributed by atoms with van der Waals surface area (Å²) in [4.78, 5) is 17.1. The van der Waals surface area contributed by atoms with E-state index in [1.165, 1.54) is 0 Å². The average Bonchev–Trinajstić information content (AvgIpc) is 1.19. The highest BCUT2D eigenvalue weighted by Crippen LogP contribution is 2.51. The van der Waals surface area contributed by atoms with Crippen LogP contribution in [0.15, 0.2) is 57.6 Å². The van der Waals surface area contributed by atoms with Crippen molar-refractivity contribution in [3.8, 4) is 0 Å². The van der Waals surface area contributed by atoms with Gasteiger partial charge in [0.05, 0.1) is 92.9 Å². The molecule has 103 heavy (non-hydrogen) atoms. The normalized spacial score (nSPS) is 30.7. The van der Waals surface area contributed by atoms with Crippen molar-refractivity contribution < 1.29 is 73.6 Å². The third-order valence-corrected chi connectivity index (χ3v) is 49.7. The van der Waals surface area contributed by atoms with Gasteiger partial charge in [-0.25, -0.2) is 0 Å². The summed E-state index contributed by atoms with van der Waals surface area (Å²) in [6.45, 7) is 72.1. The summed E-state index contributed by atoms with van der Waals surface area (Å²) >= 11 is -0.297. The molecule has 6 unspecified atom stereocenters. The third-order valence-electron chi connectivity index (χ3n) is 26.2. The molecule has 1 aromatic carbocycles. The van der Waals surface area contributed by atoms with Gasteiger partial charge in [0.25, 0.3) is 0 Å². The number of ether oxygens (including phenoxy) is 8. The van der Waals surface area contributed by atoms with Crippen LogP contribution in [0, 0.1) is 11.8 Å². The fourth-order valence-corrected chi connectivity index (χ4v) is 21.6. The van der Waals surface area contributed by atoms with E-state index >= 15 is 4.79 Å². The zero-order valence-corrected chi connectivity index (χ0v) is 77.2. The van der Waals surface area contributed by atoms with Gasteiger partial charge in [-0.1, -0.05) is 160 Å². The summed E-state index contributed by atoms with van der Waals surface area (Å²) < 4.78 is 122. The van der Waals surface area contributed by atoms with Crippen LogP contribution in [0.4, 0.5) is 0 Å². The lowest BCUT2D eigenvalue weighted by atomic mass is 9.76. The highest BCUT2D eigenvalue weighted by Gasteiger charge is 2.60. The third kappa shape index (κ3) is 22.3. The van der Waals surface area contributed by atoms with Crippen LogP contribution in [0.25, 0.3) is 0 Å². The minimum absolute atomic E-state index is 0.0362. The van der Waals surface area contributed by atoms with Gasteiger partial charge in [-0.2, -0.15) is 0 Å². The number of fused-ring (bicyclic) bond motifs is 1. The molecule has 16 nitrogen and oxygen atoms in total. The summed E-state index contributed by atoms with van der Waals surface area (Å²) in [5.41, 5.74) is 3.64. The summed E-state index contributed by atoms with van der Waals surface area (Å²) in [5.74, 6) is -1.35. The maximum absolute atomic E-state index is 17.0. The average molecular weight is 1660 g/mol. The Labute approximate surface area is 646 Å². The zero-order chi connectivity index (χ0) is 77.3. The van der Waals surface area contributed by atoms with E-state index in [4.69, 9.17) is 66.6 Å². The van der Waals surface area contributed by atoms with Crippen molar-refractivity contribution in [2.45, 2.75) is 394 Å². The van der Waals surface area contributed by atoms with Crippen molar-refractivity contribution >= 4 is 81.0 Å². The molecule has 6 aliphatic heterocycles. The largest absolute Gasteiger partial charge is 0.768 e. The number of aryl methyl sites for hydroxylation is 1. The molecule has 0 amide bonds. The second-order valence-electron chi connectivity index (χ2n) is 38.8. The molecule has 0 N–H and O–H groups in total. The fraction of sp³-hybridized carbons (Fsp3) is 0.838. The lowest BCUT2D eigenvalue weighted by Gasteiger charge is -2.56. The topological polar surface area (TPSA) is 177 Å². The molecule has 23 heteroatoms. The summed E-state index contributed by atoms with van der Waals surface area (Å²) in [5, 5.41) is -0.644. The number of rotatable bonds is 31. The number of Topliss-reactive ketones (excluding diaryl/α,β-unsaturated/α-hetero) is 1. The quantitative estimate of drug-likeness (QED) is 0.0296. The van der Waals surface area contributed by atoms with E-state index in [0.717, 1.165) is 55.2 Å². The van der Waals surface area contributed by atoms with Gasteiger partial charge in [-0.05, 0) is 204 Å². The maximum Gasteiger partial charge on any atom is 0.193 e. The number of ketones is 1. The molecule has 592 valence electrons. The van der Waals surface area contributed by atoms with Crippen LogP contribution >= 0.6 is 22.6 Å². The first-order valence-corrected chi connectivity index (χ1v) is 55.9. The van der Waals surface area contributed by atoms with E-state index in [1.807, 2.05) is 10.1 Å². The van der Waals surface area contributed by atoms with Crippen LogP contribution in [-0.4, -0.2) is 181 Å². The lowest BCUT2D eigenvalue weighted by molar-refractivity contribution is -0.268. The molecular weight excluding hydrogens is 1520 g/mol. The van der Waals surface area contributed by atoms with Crippen LogP contribution in [0.5, 0.6) is 0 Å². The Bertz CT molecular complexity index is 3030. The van der Waals surface area contributed by atoms with Gasteiger partial charge in [0.2, 0.25) is 0 Å². The van der Waals surface area contributed by atoms with Crippen molar-refractivity contribution in [3.63, 3.8) is 0 Å². The van der Waals surface area contributed by atoms with Crippen molar-refractivity contribution in [2.24, 2.45) is 11.8 Å². The minimum Gasteiger partial charge on any atom is -0.768 e. The Morgan fingerprint density at radius 2 is 1.25 bits per heavy atom. The molecule has 0 saturated carbocycles. The molecule has 1 aromatic rings. The standard InChI is InChI=1S/C80H143IO16SSi5/c1-31-54-32-35-58(98(83)84)47-59(54)70(63-37-38-64-72(92-63)74(96-102(27,28)79(14,15)16)75(97-103(29,30)80(17,18)19)73(93-64)65(40-41-81)95-101(25,26)78(11,12)13)61(82)48-60-67(91-68(71(60)85-20)46-57(94-100(23,24)77(8,9)10)50-88-99(21,22)76(5,6)7)49-66-53(4)51(2)44-55(90-66)33-36-62-52(3)45-56(89-62)34-39-69-86-42-43-87-69/h32,35,40-41,47,51,55-57,60,62-75H,3-4,31,33-34,36-39,42-46,48-50H2,1-2,5-30H3,(H,83,84)/p-1/b41-40+/t51-,55+,56+,57?,60+,62+,63-,64+,65?,66-,67+,68-,70?,71-,72+,73+,74?,75?/m1/s1. The number of halogens is 1. The second kappa shape index (κ2) is 35.3. The minimum atomic E-state index is -2.69. The number of benzene rings is 1. The number of carbonyl (C=O) groups excluding carboxylic acids is 1. The van der Waals surface area contributed by atoms with Gasteiger partial charge >= 0.3 is 0 Å². The van der Waals surface area contributed by atoms with Gasteiger partial charge in [0.15, 0.2) is 47.9 Å². The predicted molar refractivity (Wildman–Crippen MR) is 437 cm³/mol. The van der Waals surface area contributed by atoms with Gasteiger partial charge < -0.3 is 64.6 Å². The van der Waals surface area contributed by atoms with Gasteiger partial charge in [-0.3, -0.25) is 9.00 Å². The number of carbonyl (C=O) groups is 1. The van der Waals surface area contributed by atoms with Crippen molar-refractivity contribution in [1.29, 1.82) is 0 Å². The first kappa shape index (κ1) is 89.7. The molecule has 0 aromatic heterocycles. The summed E-state index contributed by atoms with van der Waals surface area (Å²) in [7, 11) is -10.7. The SMILES string of the molecule is C=C1C[C@H](CCC2OCCO2)O[C@H]1CC[C@H]1C[C@@H](C)C(=C)[C@@H](C[C@@H]2O[C@H](CC(CO[Si](C)(C)C(C)(C)C)O[Si](C)(C)C(C)(C)C)[C@H](OC)[C@H]2CC(=O)C(c2cc(S(=O)[O-])ccc2CC)[C@H]2CC[C@@H]3O[C@@H](C(/C=C/I)O[Si](C)(C)C(C)(C)C)C(O[Si](C)(C)C(C)(C)C)C(O[Si](C)(C)C(C)(C)C)[C@H]3O2)O1. The number of hydrogen-bond donors (Lipinski definition) is 0. The maximum atomic E-state index is 17.0. The van der Waals surface area contributed by atoms with Crippen LogP contribution in [0.3, 0.4) is 0 Å². The first-order chi connectivity index (χ1) is 47.3. The summed E-state index contributed by atoms with van der Waals surface area (Å²) in [6.07, 6.45) is 2.68. The molecular formula is C80H142IO16SSi5-. The lowest BCUT2D eigenvalue weighted by Crippen LogP contribution is -2.69. The molecule has 0 radical (unpaired) electrons. The Balaban J connectivity index is 1.33. The molecule has 0 aliphatic carbocycles. The van der Waals surface area contributed by atoms with E-state index in [0.29, 0.717) is 57.5 Å². The Morgan fingerprint density at radius 3 is 1.81 bits per heavy atom. The number of methoxy groups -OCH3 is 1. The van der Waals surface area contributed by atoms with E-state index in [-0.39, 0.29) is 85.0 Å². The molecule has 0 bridgehead atoms. The van der Waals surface area contributed by atoms with Crippen LogP contribution < -0.4 is 0 Å². The van der Waals surface area contributed by atoms with E-state index in [9.17, 15) is 8.76 Å². The first-order valence-electron chi connectivity index (χ1n) is 39.0. The van der Waals surface area contributed by atoms with Crippen LogP contribution in [0.1, 0.15) is 205 Å². The molecule has 6 heterocycles. The van der Waals surface area contributed by atoms with E-state index < -0.39 is 126 Å². The molecule has 19 atom stereocenters. The molecule has 0 spiro atoms. The van der Waals surface area contributed by atoms with Crippen molar-refractivity contribution in [2.75, 3.05) is 26.9 Å². The summed E-state index contributed by atoms with van der Waals surface area (Å²) in [6, 6.07) is 5.24. The Hall–Kier alpha value is -0.486. The smallest absolute Gasteiger partial charge is 0.193 e. The van der Waals surface area contributed by atoms with Gasteiger partial charge in [0, 0.05) is 43.6 Å². The Kier molecular flexibility index (Phi) is 30.7. The van der Waals surface area contributed by atoms with Crippen molar-refractivity contribution in [3.05, 3.63) is 63.8 Å². The predicted octanol–water partition coefficient (Wildman–Crippen LogP) is 19.6. The van der Waals surface area contributed by atoms with Gasteiger partial charge in [-0.15, -0.1) is 0 Å². The number of hydrogen-bond acceptors (Lipinski definition) is 16. The monoisotopic (exact) mass is 1660 g/mol. The zero-order valence-electron chi connectivity index (χ0n) is 69.2. The van der Waals surface area contributed by atoms with Gasteiger partial charge in [0.1, 0.15) is 30.2 Å². The highest BCUT2D eigenvalue weighted by molar-refractivity contribution is 14.1. The van der Waals surface area contributed by atoms with Crippen LogP contribution in [-0.2, 0) is 82.3 Å². The Morgan fingerprint density at radius 1 is 0.689 bits per heavy atom. The van der Waals surface area contributed by atoms with E-state index in [2.05, 4.69) is 218 Å². The fourth-order valence-electron chi connectivity index (χ4n) is 14.5. The molecule has 6 aliphatic rings. The second-order valence-corrected chi connectivity index (χ2v) is 64.3.